The first kappa shape index (κ1) is 9.32. The second-order valence-electron chi connectivity index (χ2n) is 0.220. The van der Waals surface area contributed by atoms with E-state index in [2.05, 4.69) is 21.9 Å². The topological polar surface area (TPSA) is 83.5 Å². The summed E-state index contributed by atoms with van der Waals surface area (Å²) in [5.74, 6) is 3.50. The van der Waals surface area contributed by atoms with Crippen LogP contribution in [0.4, 0.5) is 4.79 Å². The van der Waals surface area contributed by atoms with Crippen LogP contribution in [0.3, 0.4) is 0 Å². The molecule has 4 N–H and O–H groups in total. The Hall–Kier alpha value is -0.0905. The van der Waals surface area contributed by atoms with E-state index in [-0.39, 0.29) is 0 Å². The molecule has 0 unspecified atom stereocenters. The van der Waals surface area contributed by atoms with Gasteiger partial charge in [-0.25, -0.2) is 5.90 Å². The van der Waals surface area contributed by atoms with Gasteiger partial charge in [0.2, 0.25) is 0 Å². The van der Waals surface area contributed by atoms with Crippen LogP contribution in [-0.2, 0) is 16.0 Å². The SMILES string of the molecule is NO.O=[C](O)[Cu]. The molecule has 0 spiro atoms. The average Bonchev–Trinajstić information content (AvgIpc) is 1.41. The molecule has 0 aliphatic heterocycles. The predicted molar refractivity (Wildman–Crippen MR) is 14.0 cm³/mol. The standard InChI is InChI=1S/CHO2.Cu.H3NO/c2-1-3;;1-2/h(H,2,3);;2H,1H2. The van der Waals surface area contributed by atoms with Crippen molar-refractivity contribution in [2.24, 2.45) is 5.90 Å². The maximum atomic E-state index is 8.81. The van der Waals surface area contributed by atoms with E-state index in [4.69, 9.17) is 15.1 Å². The Morgan fingerprint density at radius 3 is 1.67 bits per heavy atom. The molecule has 0 aromatic rings. The van der Waals surface area contributed by atoms with Gasteiger partial charge in [-0.2, -0.15) is 0 Å². The fraction of sp³-hybridized carbons (Fsp3) is 0. The van der Waals surface area contributed by atoms with Gasteiger partial charge in [0.1, 0.15) is 0 Å². The van der Waals surface area contributed by atoms with Crippen LogP contribution in [0.1, 0.15) is 0 Å². The molecule has 0 heterocycles. The Morgan fingerprint density at radius 2 is 1.67 bits per heavy atom. The number of hydrogen-bond donors (Lipinski definition) is 3. The van der Waals surface area contributed by atoms with Crippen LogP contribution in [0.25, 0.3) is 0 Å². The fourth-order valence-corrected chi connectivity index (χ4v) is 0. The first-order valence-electron chi connectivity index (χ1n) is 0.837. The zero-order chi connectivity index (χ0) is 5.58. The van der Waals surface area contributed by atoms with Crippen molar-refractivity contribution in [3.05, 3.63) is 0 Å². The minimum absolute atomic E-state index is 1.27. The molecule has 6 heavy (non-hydrogen) atoms. The van der Waals surface area contributed by atoms with Crippen molar-refractivity contribution in [1.29, 1.82) is 0 Å². The van der Waals surface area contributed by atoms with E-state index in [1.165, 1.54) is 0 Å². The van der Waals surface area contributed by atoms with E-state index < -0.39 is 4.87 Å². The van der Waals surface area contributed by atoms with Gasteiger partial charge in [-0.3, -0.25) is 0 Å². The number of hydrogen-bond acceptors (Lipinski definition) is 3. The average molecular weight is 142 g/mol. The van der Waals surface area contributed by atoms with Gasteiger partial charge in [-0.05, 0) is 0 Å². The number of carbonyl (C=O) groups is 1. The Bertz CT molecular complexity index is 33.8. The van der Waals surface area contributed by atoms with E-state index >= 15 is 0 Å². The van der Waals surface area contributed by atoms with Gasteiger partial charge in [0, 0.05) is 0 Å². The van der Waals surface area contributed by atoms with Gasteiger partial charge in [0.05, 0.1) is 0 Å². The third kappa shape index (κ3) is 4040. The summed E-state index contributed by atoms with van der Waals surface area (Å²) in [5, 5.41) is 13.7. The van der Waals surface area contributed by atoms with Crippen LogP contribution in [0.2, 0.25) is 0 Å². The molecule has 0 amide bonds. The summed E-state index contributed by atoms with van der Waals surface area (Å²) in [6.45, 7) is 0. The van der Waals surface area contributed by atoms with Crippen molar-refractivity contribution in [1.82, 2.24) is 0 Å². The normalized spacial score (nSPS) is 5.33. The minimum atomic E-state index is -1.27. The Morgan fingerprint density at radius 1 is 1.67 bits per heavy atom. The number of nitrogens with two attached hydrogens (primary N) is 1. The monoisotopic (exact) mass is 141 g/mol. The molecule has 0 fully saturated rings. The molecule has 0 saturated heterocycles. The fourth-order valence-electron chi connectivity index (χ4n) is 0. The number of carboxylic acid groups (broad SMARTS) is 1. The second kappa shape index (κ2) is 8.86. The van der Waals surface area contributed by atoms with Crippen LogP contribution in [0, 0.1) is 0 Å². The van der Waals surface area contributed by atoms with Crippen LogP contribution in [0.5, 0.6) is 0 Å². The Labute approximate surface area is 42.7 Å². The Balaban J connectivity index is 0. The quantitative estimate of drug-likeness (QED) is 0.315. The first-order chi connectivity index (χ1) is 2.73. The third-order valence-corrected chi connectivity index (χ3v) is 0. The van der Waals surface area contributed by atoms with Crippen LogP contribution in [0.15, 0.2) is 0 Å². The molecule has 0 aliphatic rings. The molecule has 0 aromatic heterocycles. The van der Waals surface area contributed by atoms with E-state index in [1.807, 2.05) is 0 Å². The van der Waals surface area contributed by atoms with E-state index in [9.17, 15) is 0 Å². The van der Waals surface area contributed by atoms with Gasteiger partial charge >= 0.3 is 30.8 Å². The van der Waals surface area contributed by atoms with Crippen molar-refractivity contribution in [2.75, 3.05) is 0 Å². The molecular weight excluding hydrogens is 138 g/mol. The predicted octanol–water partition coefficient (Wildman–Crippen LogP) is -0.454. The van der Waals surface area contributed by atoms with Crippen molar-refractivity contribution in [3.63, 3.8) is 0 Å². The van der Waals surface area contributed by atoms with Gasteiger partial charge in [-0.15, -0.1) is 0 Å². The summed E-state index contributed by atoms with van der Waals surface area (Å²) in [5.41, 5.74) is 0. The van der Waals surface area contributed by atoms with Crippen molar-refractivity contribution in [2.45, 2.75) is 0 Å². The van der Waals surface area contributed by atoms with E-state index in [0.717, 1.165) is 0 Å². The number of rotatable bonds is 0. The Kier molecular flexibility index (Phi) is 13.8. The first-order valence-corrected chi connectivity index (χ1v) is 1.31. The maximum absolute atomic E-state index is 8.81. The van der Waals surface area contributed by atoms with E-state index in [1.54, 1.807) is 0 Å². The summed E-state index contributed by atoms with van der Waals surface area (Å²) in [6, 6.07) is 0. The summed E-state index contributed by atoms with van der Waals surface area (Å²) >= 11 is 3.66. The van der Waals surface area contributed by atoms with Crippen molar-refractivity contribution < 1.29 is 31.1 Å². The molecule has 0 saturated carbocycles. The van der Waals surface area contributed by atoms with Crippen molar-refractivity contribution in [3.8, 4) is 0 Å². The van der Waals surface area contributed by atoms with Gasteiger partial charge < -0.3 is 5.21 Å². The van der Waals surface area contributed by atoms with Crippen LogP contribution >= 0.6 is 0 Å². The molecule has 42 valence electrons. The summed E-state index contributed by atoms with van der Waals surface area (Å²) in [4.78, 5) is 7.53. The molecule has 0 atom stereocenters. The summed E-state index contributed by atoms with van der Waals surface area (Å²) < 4.78 is 0. The molecule has 0 bridgehead atoms. The van der Waals surface area contributed by atoms with Gasteiger partial charge in [-0.1, -0.05) is 0 Å². The molecule has 0 aromatic carbocycles. The second-order valence-corrected chi connectivity index (χ2v) is 0.623. The molecule has 4 nitrogen and oxygen atoms in total. The summed E-state index contributed by atoms with van der Waals surface area (Å²) in [7, 11) is 0. The molecule has 0 aliphatic carbocycles. The van der Waals surface area contributed by atoms with Crippen LogP contribution < -0.4 is 5.90 Å². The summed E-state index contributed by atoms with van der Waals surface area (Å²) in [6.07, 6.45) is 0. The molecule has 0 rings (SSSR count). The van der Waals surface area contributed by atoms with Gasteiger partial charge in [0.15, 0.2) is 0 Å². The zero-order valence-electron chi connectivity index (χ0n) is 2.68. The van der Waals surface area contributed by atoms with E-state index in [0.29, 0.717) is 0 Å². The molecular formula is CH4CuNO3. The molecule has 0 radical (unpaired) electrons. The van der Waals surface area contributed by atoms with Crippen LogP contribution in [-0.4, -0.2) is 15.2 Å². The van der Waals surface area contributed by atoms with Crippen molar-refractivity contribution >= 4 is 4.87 Å². The van der Waals surface area contributed by atoms with Gasteiger partial charge in [0.25, 0.3) is 0 Å². The third-order valence-electron chi connectivity index (χ3n) is 0. The molecule has 5 heteroatoms. The zero-order valence-corrected chi connectivity index (χ0v) is 3.62.